The van der Waals surface area contributed by atoms with Gasteiger partial charge in [-0.25, -0.2) is 4.79 Å². The molecule has 4 rings (SSSR count). The van der Waals surface area contributed by atoms with Gasteiger partial charge >= 0.3 is 5.63 Å². The van der Waals surface area contributed by atoms with E-state index in [0.717, 1.165) is 5.56 Å². The second-order valence-electron chi connectivity index (χ2n) is 5.74. The van der Waals surface area contributed by atoms with Crippen LogP contribution in [0.5, 0.6) is 5.88 Å². The van der Waals surface area contributed by atoms with Crippen molar-refractivity contribution in [3.8, 4) is 5.88 Å². The number of nitrogens with one attached hydrogen (secondary N) is 1. The van der Waals surface area contributed by atoms with Gasteiger partial charge in [-0.05, 0) is 22.9 Å². The van der Waals surface area contributed by atoms with E-state index in [1.165, 1.54) is 6.07 Å². The molecule has 7 heteroatoms. The number of para-hydroxylation sites is 1. The van der Waals surface area contributed by atoms with E-state index in [2.05, 4.69) is 10.5 Å². The summed E-state index contributed by atoms with van der Waals surface area (Å²) in [6.07, 6.45) is 0. The molecule has 0 bridgehead atoms. The van der Waals surface area contributed by atoms with Gasteiger partial charge in [0.1, 0.15) is 17.9 Å². The Morgan fingerprint density at radius 3 is 2.67 bits per heavy atom. The minimum absolute atomic E-state index is 0.0156. The maximum atomic E-state index is 12.3. The fourth-order valence-corrected chi connectivity index (χ4v) is 2.50. The number of hydrogen-bond acceptors (Lipinski definition) is 6. The highest BCUT2D eigenvalue weighted by Crippen LogP contribution is 2.17. The number of nitrogens with zero attached hydrogens (tertiary/aromatic N) is 1. The summed E-state index contributed by atoms with van der Waals surface area (Å²) < 4.78 is 15.7. The molecule has 2 aromatic carbocycles. The fraction of sp³-hybridized carbons (Fsp3) is 0.0500. The summed E-state index contributed by atoms with van der Waals surface area (Å²) in [5.41, 5.74) is 0.765. The second-order valence-corrected chi connectivity index (χ2v) is 5.74. The van der Waals surface area contributed by atoms with Gasteiger partial charge in [-0.1, -0.05) is 48.5 Å². The summed E-state index contributed by atoms with van der Waals surface area (Å²) in [6, 6.07) is 19.4. The van der Waals surface area contributed by atoms with Crippen LogP contribution in [-0.4, -0.2) is 11.1 Å². The molecule has 0 aliphatic heterocycles. The van der Waals surface area contributed by atoms with Crippen LogP contribution in [-0.2, 0) is 6.61 Å². The van der Waals surface area contributed by atoms with E-state index in [1.807, 2.05) is 30.3 Å². The summed E-state index contributed by atoms with van der Waals surface area (Å²) in [5.74, 6) is -0.528. The largest absolute Gasteiger partial charge is 0.471 e. The van der Waals surface area contributed by atoms with Gasteiger partial charge in [-0.15, -0.1) is 0 Å². The highest BCUT2D eigenvalue weighted by atomic mass is 16.5. The van der Waals surface area contributed by atoms with Gasteiger partial charge < -0.3 is 19.0 Å². The van der Waals surface area contributed by atoms with E-state index < -0.39 is 11.5 Å². The number of carbonyl (C=O) groups is 1. The van der Waals surface area contributed by atoms with E-state index in [1.54, 1.807) is 30.3 Å². The van der Waals surface area contributed by atoms with Crippen LogP contribution in [0.3, 0.4) is 0 Å². The van der Waals surface area contributed by atoms with Crippen molar-refractivity contribution in [3.63, 3.8) is 0 Å². The van der Waals surface area contributed by atoms with E-state index in [9.17, 15) is 9.59 Å². The maximum Gasteiger partial charge on any atom is 0.360 e. The van der Waals surface area contributed by atoms with Gasteiger partial charge in [-0.2, -0.15) is 0 Å². The first-order chi connectivity index (χ1) is 13.2. The molecule has 7 nitrogen and oxygen atoms in total. The van der Waals surface area contributed by atoms with Gasteiger partial charge in [0, 0.05) is 5.39 Å². The van der Waals surface area contributed by atoms with Crippen LogP contribution >= 0.6 is 0 Å². The molecule has 4 aromatic rings. The van der Waals surface area contributed by atoms with Crippen LogP contribution in [0.15, 0.2) is 80.5 Å². The van der Waals surface area contributed by atoms with Crippen LogP contribution in [0.2, 0.25) is 0 Å². The predicted molar refractivity (Wildman–Crippen MR) is 97.7 cm³/mol. The van der Waals surface area contributed by atoms with E-state index in [0.29, 0.717) is 17.6 Å². The van der Waals surface area contributed by atoms with Gasteiger partial charge in [0.15, 0.2) is 0 Å². The number of amides is 1. The lowest BCUT2D eigenvalue weighted by atomic mass is 10.2. The normalized spacial score (nSPS) is 10.7. The van der Waals surface area contributed by atoms with Crippen molar-refractivity contribution in [3.05, 3.63) is 88.5 Å². The molecule has 0 aliphatic rings. The Balaban J connectivity index is 1.47. The summed E-state index contributed by atoms with van der Waals surface area (Å²) >= 11 is 0. The fourth-order valence-electron chi connectivity index (χ4n) is 2.50. The monoisotopic (exact) mass is 362 g/mol. The average molecular weight is 362 g/mol. The van der Waals surface area contributed by atoms with Gasteiger partial charge in [0.25, 0.3) is 11.8 Å². The molecule has 0 radical (unpaired) electrons. The molecule has 0 aliphatic carbocycles. The van der Waals surface area contributed by atoms with Gasteiger partial charge in [-0.3, -0.25) is 4.79 Å². The third-order valence-corrected chi connectivity index (χ3v) is 3.83. The Morgan fingerprint density at radius 1 is 1.04 bits per heavy atom. The zero-order valence-corrected chi connectivity index (χ0v) is 14.0. The van der Waals surface area contributed by atoms with Crippen molar-refractivity contribution in [2.75, 3.05) is 5.32 Å². The third kappa shape index (κ3) is 3.72. The van der Waals surface area contributed by atoms with E-state index in [-0.39, 0.29) is 17.3 Å². The summed E-state index contributed by atoms with van der Waals surface area (Å²) in [5, 5.41) is 6.87. The molecule has 0 spiro atoms. The van der Waals surface area contributed by atoms with Crippen LogP contribution < -0.4 is 15.7 Å². The van der Waals surface area contributed by atoms with E-state index in [4.69, 9.17) is 13.7 Å². The Morgan fingerprint density at radius 2 is 1.81 bits per heavy atom. The number of aromatic nitrogens is 1. The third-order valence-electron chi connectivity index (χ3n) is 3.83. The minimum atomic E-state index is -0.651. The van der Waals surface area contributed by atoms with Crippen molar-refractivity contribution in [1.29, 1.82) is 0 Å². The minimum Gasteiger partial charge on any atom is -0.471 e. The molecule has 0 unspecified atom stereocenters. The van der Waals surface area contributed by atoms with E-state index >= 15 is 0 Å². The second kappa shape index (κ2) is 7.17. The number of hydrogen-bond donors (Lipinski definition) is 1. The van der Waals surface area contributed by atoms with Gasteiger partial charge in [0.2, 0.25) is 5.76 Å². The van der Waals surface area contributed by atoms with Crippen molar-refractivity contribution in [2.24, 2.45) is 0 Å². The first-order valence-electron chi connectivity index (χ1n) is 8.17. The quantitative estimate of drug-likeness (QED) is 0.545. The first-order valence-corrected chi connectivity index (χ1v) is 8.17. The molecule has 0 saturated heterocycles. The lowest BCUT2D eigenvalue weighted by Gasteiger charge is -2.02. The van der Waals surface area contributed by atoms with Gasteiger partial charge in [0.05, 0.1) is 6.07 Å². The Labute approximate surface area is 153 Å². The van der Waals surface area contributed by atoms with Crippen LogP contribution in [0.1, 0.15) is 16.1 Å². The summed E-state index contributed by atoms with van der Waals surface area (Å²) in [7, 11) is 0. The number of benzene rings is 2. The lowest BCUT2D eigenvalue weighted by molar-refractivity contribution is 0.0987. The molecular formula is C20H14N2O5. The Bertz CT molecular complexity index is 1150. The number of ether oxygens (including phenoxy) is 1. The molecule has 1 amide bonds. The molecule has 2 aromatic heterocycles. The highest BCUT2D eigenvalue weighted by molar-refractivity contribution is 6.02. The molecular weight excluding hydrogens is 348 g/mol. The van der Waals surface area contributed by atoms with Crippen LogP contribution in [0, 0.1) is 0 Å². The standard InChI is InChI=1S/C20H14N2O5/c23-19(21-15-10-14-8-4-5-9-16(14)26-20(15)24)17-11-18(22-27-17)25-12-13-6-2-1-3-7-13/h1-11H,12H2,(H,21,23). The van der Waals surface area contributed by atoms with Crippen molar-refractivity contribution in [2.45, 2.75) is 6.61 Å². The Kier molecular flexibility index (Phi) is 4.40. The molecule has 27 heavy (non-hydrogen) atoms. The Hall–Kier alpha value is -3.87. The SMILES string of the molecule is O=C(Nc1cc2ccccc2oc1=O)c1cc(OCc2ccccc2)no1. The number of fused-ring (bicyclic) bond motifs is 1. The zero-order chi connectivity index (χ0) is 18.6. The zero-order valence-electron chi connectivity index (χ0n) is 14.0. The maximum absolute atomic E-state index is 12.3. The van der Waals surface area contributed by atoms with Crippen LogP contribution in [0.4, 0.5) is 5.69 Å². The first kappa shape index (κ1) is 16.6. The smallest absolute Gasteiger partial charge is 0.360 e. The van der Waals surface area contributed by atoms with Crippen molar-refractivity contribution in [1.82, 2.24) is 5.16 Å². The number of rotatable bonds is 5. The average Bonchev–Trinajstić information content (AvgIpc) is 3.17. The molecule has 0 atom stereocenters. The highest BCUT2D eigenvalue weighted by Gasteiger charge is 2.16. The number of anilines is 1. The molecule has 134 valence electrons. The topological polar surface area (TPSA) is 94.6 Å². The molecule has 2 heterocycles. The van der Waals surface area contributed by atoms with Crippen LogP contribution in [0.25, 0.3) is 11.0 Å². The summed E-state index contributed by atoms with van der Waals surface area (Å²) in [6.45, 7) is 0.294. The van der Waals surface area contributed by atoms with Crippen molar-refractivity contribution < 1.29 is 18.5 Å². The molecule has 1 N–H and O–H groups in total. The molecule has 0 saturated carbocycles. The summed E-state index contributed by atoms with van der Waals surface area (Å²) in [4.78, 5) is 24.3. The predicted octanol–water partition coefficient (Wildman–Crippen LogP) is 3.61. The number of carbonyl (C=O) groups excluding carboxylic acids is 1. The van der Waals surface area contributed by atoms with Crippen molar-refractivity contribution >= 4 is 22.6 Å². The lowest BCUT2D eigenvalue weighted by Crippen LogP contribution is -2.17. The molecule has 0 fully saturated rings.